The minimum atomic E-state index is 0.203. The van der Waals surface area contributed by atoms with Crippen molar-refractivity contribution in [3.63, 3.8) is 0 Å². The molecule has 1 atom stereocenters. The summed E-state index contributed by atoms with van der Waals surface area (Å²) in [6.07, 6.45) is 3.50. The number of anilines is 1. The summed E-state index contributed by atoms with van der Waals surface area (Å²) in [7, 11) is 0. The molecule has 1 saturated heterocycles. The van der Waals surface area contributed by atoms with Crippen LogP contribution in [0.25, 0.3) is 0 Å². The summed E-state index contributed by atoms with van der Waals surface area (Å²) >= 11 is 3.44. The van der Waals surface area contributed by atoms with Crippen LogP contribution in [0.1, 0.15) is 31.7 Å². The Hall–Kier alpha value is -1.03. The monoisotopic (exact) mass is 324 g/mol. The van der Waals surface area contributed by atoms with Gasteiger partial charge in [-0.3, -0.25) is 4.79 Å². The van der Waals surface area contributed by atoms with Crippen LogP contribution >= 0.6 is 15.9 Å². The van der Waals surface area contributed by atoms with Gasteiger partial charge in [-0.05, 0) is 56.9 Å². The first-order valence-electron chi connectivity index (χ1n) is 6.87. The molecule has 1 fully saturated rings. The maximum absolute atomic E-state index is 12.2. The number of hydrogen-bond acceptors (Lipinski definition) is 2. The normalized spacial score (nSPS) is 19.3. The molecule has 104 valence electrons. The van der Waals surface area contributed by atoms with Gasteiger partial charge in [-0.15, -0.1) is 0 Å². The largest absolute Gasteiger partial charge is 0.376 e. The number of carbonyl (C=O) groups excluding carboxylic acids is 1. The first kappa shape index (κ1) is 14.4. The van der Waals surface area contributed by atoms with E-state index in [0.29, 0.717) is 12.6 Å². The second-order valence-electron chi connectivity index (χ2n) is 5.24. The summed E-state index contributed by atoms with van der Waals surface area (Å²) in [5.41, 5.74) is 2.18. The quantitative estimate of drug-likeness (QED) is 0.921. The number of likely N-dealkylation sites (tertiary alicyclic amines) is 1. The zero-order valence-corrected chi connectivity index (χ0v) is 13.2. The molecule has 3 nitrogen and oxygen atoms in total. The van der Waals surface area contributed by atoms with Gasteiger partial charge in [0.15, 0.2) is 0 Å². The number of piperidine rings is 1. The lowest BCUT2D eigenvalue weighted by Gasteiger charge is -2.33. The predicted octanol–water partition coefficient (Wildman–Crippen LogP) is 3.57. The van der Waals surface area contributed by atoms with Crippen LogP contribution in [0.4, 0.5) is 5.69 Å². The lowest BCUT2D eigenvalue weighted by molar-refractivity contribution is -0.132. The molecule has 1 unspecified atom stereocenters. The van der Waals surface area contributed by atoms with Crippen LogP contribution in [0.2, 0.25) is 0 Å². The third kappa shape index (κ3) is 3.72. The van der Waals surface area contributed by atoms with Crippen LogP contribution in [0.3, 0.4) is 0 Å². The zero-order valence-electron chi connectivity index (χ0n) is 11.6. The number of hydrogen-bond donors (Lipinski definition) is 1. The van der Waals surface area contributed by atoms with Gasteiger partial charge in [0.05, 0.1) is 6.54 Å². The fraction of sp³-hybridized carbons (Fsp3) is 0.533. The minimum absolute atomic E-state index is 0.203. The van der Waals surface area contributed by atoms with Gasteiger partial charge in [0, 0.05) is 22.7 Å². The summed E-state index contributed by atoms with van der Waals surface area (Å²) in [5, 5.41) is 3.25. The lowest BCUT2D eigenvalue weighted by atomic mass is 10.0. The van der Waals surface area contributed by atoms with E-state index in [-0.39, 0.29) is 5.91 Å². The summed E-state index contributed by atoms with van der Waals surface area (Å²) in [6, 6.07) is 6.43. The Morgan fingerprint density at radius 3 is 2.95 bits per heavy atom. The van der Waals surface area contributed by atoms with E-state index in [4.69, 9.17) is 0 Å². The molecule has 1 N–H and O–H groups in total. The third-order valence-corrected chi connectivity index (χ3v) is 4.24. The van der Waals surface area contributed by atoms with E-state index in [1.807, 2.05) is 24.0 Å². The number of carbonyl (C=O) groups is 1. The first-order chi connectivity index (χ1) is 9.08. The molecule has 1 aromatic rings. The molecule has 0 aromatic heterocycles. The molecule has 0 radical (unpaired) electrons. The molecule has 1 aromatic carbocycles. The van der Waals surface area contributed by atoms with E-state index in [0.717, 1.165) is 35.1 Å². The number of aryl methyl sites for hydroxylation is 1. The summed E-state index contributed by atoms with van der Waals surface area (Å²) in [6.45, 7) is 5.47. The van der Waals surface area contributed by atoms with Gasteiger partial charge in [-0.25, -0.2) is 0 Å². The van der Waals surface area contributed by atoms with Crippen LogP contribution in [0, 0.1) is 6.92 Å². The van der Waals surface area contributed by atoms with Gasteiger partial charge in [0.25, 0.3) is 0 Å². The Kier molecular flexibility index (Phi) is 4.86. The fourth-order valence-electron chi connectivity index (χ4n) is 2.57. The second kappa shape index (κ2) is 6.42. The molecule has 1 amide bonds. The summed E-state index contributed by atoms with van der Waals surface area (Å²) in [5.74, 6) is 0.203. The third-order valence-electron chi connectivity index (χ3n) is 3.74. The number of amides is 1. The van der Waals surface area contributed by atoms with E-state index in [2.05, 4.69) is 34.2 Å². The molecule has 2 rings (SSSR count). The van der Waals surface area contributed by atoms with E-state index in [1.165, 1.54) is 6.42 Å². The van der Waals surface area contributed by atoms with Gasteiger partial charge in [-0.1, -0.05) is 15.9 Å². The smallest absolute Gasteiger partial charge is 0.242 e. The summed E-state index contributed by atoms with van der Waals surface area (Å²) < 4.78 is 1.06. The molecule has 1 heterocycles. The van der Waals surface area contributed by atoms with Crippen molar-refractivity contribution < 1.29 is 4.79 Å². The van der Waals surface area contributed by atoms with E-state index in [1.54, 1.807) is 0 Å². The Morgan fingerprint density at radius 2 is 2.26 bits per heavy atom. The molecule has 19 heavy (non-hydrogen) atoms. The number of nitrogens with one attached hydrogen (secondary N) is 1. The average molecular weight is 325 g/mol. The average Bonchev–Trinajstić information content (AvgIpc) is 2.38. The van der Waals surface area contributed by atoms with Crippen molar-refractivity contribution in [2.24, 2.45) is 0 Å². The van der Waals surface area contributed by atoms with Gasteiger partial charge in [0.2, 0.25) is 5.91 Å². The van der Waals surface area contributed by atoms with Crippen molar-refractivity contribution in [1.29, 1.82) is 0 Å². The van der Waals surface area contributed by atoms with Crippen LogP contribution < -0.4 is 5.32 Å². The fourth-order valence-corrected chi connectivity index (χ4v) is 3.04. The summed E-state index contributed by atoms with van der Waals surface area (Å²) in [4.78, 5) is 14.2. The minimum Gasteiger partial charge on any atom is -0.376 e. The van der Waals surface area contributed by atoms with Gasteiger partial charge in [-0.2, -0.15) is 0 Å². The van der Waals surface area contributed by atoms with Crippen LogP contribution in [0.15, 0.2) is 22.7 Å². The van der Waals surface area contributed by atoms with E-state index >= 15 is 0 Å². The predicted molar refractivity (Wildman–Crippen MR) is 82.4 cm³/mol. The first-order valence-corrected chi connectivity index (χ1v) is 7.66. The SMILES string of the molecule is Cc1cc(Br)ccc1NCC(=O)N1CCCCC1C. The van der Waals surface area contributed by atoms with Crippen molar-refractivity contribution in [2.45, 2.75) is 39.2 Å². The van der Waals surface area contributed by atoms with Crippen molar-refractivity contribution in [3.8, 4) is 0 Å². The van der Waals surface area contributed by atoms with Gasteiger partial charge < -0.3 is 10.2 Å². The number of benzene rings is 1. The molecule has 4 heteroatoms. The highest BCUT2D eigenvalue weighted by Crippen LogP contribution is 2.20. The highest BCUT2D eigenvalue weighted by atomic mass is 79.9. The molecule has 0 spiro atoms. The molecular formula is C15H21BrN2O. The highest BCUT2D eigenvalue weighted by Gasteiger charge is 2.22. The molecule has 0 bridgehead atoms. The maximum Gasteiger partial charge on any atom is 0.242 e. The molecule has 1 aliphatic heterocycles. The standard InChI is InChI=1S/C15H21BrN2O/c1-11-9-13(16)6-7-14(11)17-10-15(19)18-8-4-3-5-12(18)2/h6-7,9,12,17H,3-5,8,10H2,1-2H3. The number of halogens is 1. The van der Waals surface area contributed by atoms with Crippen molar-refractivity contribution in [2.75, 3.05) is 18.4 Å². The van der Waals surface area contributed by atoms with Crippen molar-refractivity contribution >= 4 is 27.5 Å². The highest BCUT2D eigenvalue weighted by molar-refractivity contribution is 9.10. The van der Waals surface area contributed by atoms with E-state index < -0.39 is 0 Å². The Bertz CT molecular complexity index is 461. The van der Waals surface area contributed by atoms with Crippen LogP contribution in [-0.4, -0.2) is 29.9 Å². The van der Waals surface area contributed by atoms with Crippen molar-refractivity contribution in [3.05, 3.63) is 28.2 Å². The molecular weight excluding hydrogens is 304 g/mol. The Balaban J connectivity index is 1.92. The zero-order chi connectivity index (χ0) is 13.8. The maximum atomic E-state index is 12.2. The molecule has 0 aliphatic carbocycles. The van der Waals surface area contributed by atoms with Crippen LogP contribution in [0.5, 0.6) is 0 Å². The van der Waals surface area contributed by atoms with Crippen molar-refractivity contribution in [1.82, 2.24) is 4.90 Å². The van der Waals surface area contributed by atoms with Crippen LogP contribution in [-0.2, 0) is 4.79 Å². The van der Waals surface area contributed by atoms with Gasteiger partial charge in [0.1, 0.15) is 0 Å². The molecule has 0 saturated carbocycles. The molecule has 1 aliphatic rings. The van der Waals surface area contributed by atoms with E-state index in [9.17, 15) is 4.79 Å². The Morgan fingerprint density at radius 1 is 1.47 bits per heavy atom. The Labute approximate surface area is 123 Å². The number of nitrogens with zero attached hydrogens (tertiary/aromatic N) is 1. The number of rotatable bonds is 3. The van der Waals surface area contributed by atoms with Gasteiger partial charge >= 0.3 is 0 Å². The lowest BCUT2D eigenvalue weighted by Crippen LogP contribution is -2.44. The second-order valence-corrected chi connectivity index (χ2v) is 6.16. The topological polar surface area (TPSA) is 32.3 Å².